The highest BCUT2D eigenvalue weighted by Gasteiger charge is 2.04. The summed E-state index contributed by atoms with van der Waals surface area (Å²) >= 11 is 0. The molecule has 0 saturated carbocycles. The monoisotopic (exact) mass is 338 g/mol. The van der Waals surface area contributed by atoms with Crippen LogP contribution in [-0.4, -0.2) is 22.9 Å². The molecule has 1 unspecified atom stereocenters. The molecule has 2 N–H and O–H groups in total. The van der Waals surface area contributed by atoms with Crippen LogP contribution in [0.3, 0.4) is 0 Å². The summed E-state index contributed by atoms with van der Waals surface area (Å²) in [6.45, 7) is 4.49. The minimum atomic E-state index is -0.232. The van der Waals surface area contributed by atoms with E-state index in [0.29, 0.717) is 6.61 Å². The van der Waals surface area contributed by atoms with Crippen molar-refractivity contribution in [3.63, 3.8) is 0 Å². The number of allylic oxidation sites excluding steroid dienone is 3. The lowest BCUT2D eigenvalue weighted by Gasteiger charge is -2.10. The fraction of sp³-hybridized carbons (Fsp3) is 0.818. The Morgan fingerprint density at radius 3 is 1.83 bits per heavy atom. The normalized spacial score (nSPS) is 13.8. The van der Waals surface area contributed by atoms with E-state index in [2.05, 4.69) is 25.2 Å². The van der Waals surface area contributed by atoms with Crippen LogP contribution in [0.15, 0.2) is 23.8 Å². The van der Waals surface area contributed by atoms with Crippen LogP contribution < -0.4 is 0 Å². The molecule has 0 aromatic rings. The summed E-state index contributed by atoms with van der Waals surface area (Å²) in [6.07, 6.45) is 23.2. The Morgan fingerprint density at radius 1 is 0.792 bits per heavy atom. The molecule has 0 aromatic carbocycles. The van der Waals surface area contributed by atoms with Crippen molar-refractivity contribution in [2.45, 2.75) is 110 Å². The van der Waals surface area contributed by atoms with Gasteiger partial charge in [-0.15, -0.1) is 0 Å². The van der Waals surface area contributed by atoms with Crippen LogP contribution >= 0.6 is 0 Å². The molecular weight excluding hydrogens is 296 g/mol. The largest absolute Gasteiger partial charge is 0.396 e. The first-order chi connectivity index (χ1) is 11.7. The van der Waals surface area contributed by atoms with Gasteiger partial charge in [-0.25, -0.2) is 0 Å². The predicted molar refractivity (Wildman–Crippen MR) is 106 cm³/mol. The van der Waals surface area contributed by atoms with Crippen LogP contribution in [-0.2, 0) is 0 Å². The topological polar surface area (TPSA) is 40.5 Å². The molecule has 0 aromatic heterocycles. The van der Waals surface area contributed by atoms with Crippen molar-refractivity contribution in [3.05, 3.63) is 23.8 Å². The molecule has 0 fully saturated rings. The molecule has 142 valence electrons. The number of aliphatic hydroxyl groups is 2. The molecular formula is C22H42O2. The Bertz CT molecular complexity index is 307. The third-order valence-electron chi connectivity index (χ3n) is 4.60. The Kier molecular flexibility index (Phi) is 18.3. The standard InChI is InChI=1S/C22H42O2/c1-3-18-21(2)22(24)19-16-14-12-10-8-6-4-5-7-9-11-13-15-17-20-23/h6,8,18,22-24H,3-5,7,9-17,19-20H2,1-2H3. The van der Waals surface area contributed by atoms with Crippen molar-refractivity contribution in [3.8, 4) is 0 Å². The highest BCUT2D eigenvalue weighted by Crippen LogP contribution is 2.13. The third kappa shape index (κ3) is 16.3. The summed E-state index contributed by atoms with van der Waals surface area (Å²) < 4.78 is 0. The van der Waals surface area contributed by atoms with E-state index in [1.165, 1.54) is 64.2 Å². The first-order valence-corrected chi connectivity index (χ1v) is 10.3. The van der Waals surface area contributed by atoms with Crippen LogP contribution in [0.1, 0.15) is 104 Å². The third-order valence-corrected chi connectivity index (χ3v) is 4.60. The maximum atomic E-state index is 9.96. The summed E-state index contributed by atoms with van der Waals surface area (Å²) in [4.78, 5) is 0. The fourth-order valence-electron chi connectivity index (χ4n) is 2.96. The molecule has 0 spiro atoms. The molecule has 24 heavy (non-hydrogen) atoms. The Hall–Kier alpha value is -0.600. The van der Waals surface area contributed by atoms with Gasteiger partial charge >= 0.3 is 0 Å². The molecule has 0 amide bonds. The minimum absolute atomic E-state index is 0.232. The average Bonchev–Trinajstić information content (AvgIpc) is 2.58. The maximum Gasteiger partial charge on any atom is 0.0747 e. The van der Waals surface area contributed by atoms with E-state index in [1.807, 2.05) is 6.92 Å². The minimum Gasteiger partial charge on any atom is -0.396 e. The second kappa shape index (κ2) is 18.7. The van der Waals surface area contributed by atoms with Gasteiger partial charge in [-0.1, -0.05) is 70.1 Å². The predicted octanol–water partition coefficient (Wildman–Crippen LogP) is 6.32. The number of hydrogen-bond donors (Lipinski definition) is 2. The van der Waals surface area contributed by atoms with Gasteiger partial charge in [0.25, 0.3) is 0 Å². The van der Waals surface area contributed by atoms with E-state index in [9.17, 15) is 5.11 Å². The van der Waals surface area contributed by atoms with E-state index < -0.39 is 0 Å². The molecule has 0 bridgehead atoms. The lowest BCUT2D eigenvalue weighted by molar-refractivity contribution is 0.195. The van der Waals surface area contributed by atoms with Gasteiger partial charge < -0.3 is 10.2 Å². The van der Waals surface area contributed by atoms with Crippen LogP contribution in [0.5, 0.6) is 0 Å². The first kappa shape index (κ1) is 23.4. The van der Waals surface area contributed by atoms with E-state index in [-0.39, 0.29) is 6.10 Å². The molecule has 0 aliphatic carbocycles. The van der Waals surface area contributed by atoms with Crippen molar-refractivity contribution in [2.75, 3.05) is 6.61 Å². The van der Waals surface area contributed by atoms with Gasteiger partial charge in [0.05, 0.1) is 6.10 Å². The van der Waals surface area contributed by atoms with E-state index in [1.54, 1.807) is 0 Å². The molecule has 2 heteroatoms. The molecule has 0 radical (unpaired) electrons. The zero-order valence-electron chi connectivity index (χ0n) is 16.3. The van der Waals surface area contributed by atoms with Crippen molar-refractivity contribution in [1.29, 1.82) is 0 Å². The number of unbranched alkanes of at least 4 members (excludes halogenated alkanes) is 10. The number of hydrogen-bond acceptors (Lipinski definition) is 2. The molecule has 2 nitrogen and oxygen atoms in total. The van der Waals surface area contributed by atoms with E-state index >= 15 is 0 Å². The van der Waals surface area contributed by atoms with Crippen LogP contribution in [0, 0.1) is 0 Å². The molecule has 0 aliphatic rings. The van der Waals surface area contributed by atoms with Gasteiger partial charge in [0, 0.05) is 6.61 Å². The molecule has 0 saturated heterocycles. The van der Waals surface area contributed by atoms with Gasteiger partial charge in [-0.05, 0) is 57.4 Å². The molecule has 0 rings (SSSR count). The lowest BCUT2D eigenvalue weighted by atomic mass is 10.0. The quantitative estimate of drug-likeness (QED) is 0.240. The van der Waals surface area contributed by atoms with Gasteiger partial charge in [0.1, 0.15) is 0 Å². The number of aliphatic hydroxyl groups excluding tert-OH is 2. The van der Waals surface area contributed by atoms with Crippen molar-refractivity contribution in [1.82, 2.24) is 0 Å². The zero-order chi connectivity index (χ0) is 17.9. The van der Waals surface area contributed by atoms with E-state index in [4.69, 9.17) is 5.11 Å². The summed E-state index contributed by atoms with van der Waals surface area (Å²) in [6, 6.07) is 0. The molecule has 1 atom stereocenters. The van der Waals surface area contributed by atoms with Crippen LogP contribution in [0.2, 0.25) is 0 Å². The number of rotatable bonds is 17. The van der Waals surface area contributed by atoms with Gasteiger partial charge in [0.15, 0.2) is 0 Å². The van der Waals surface area contributed by atoms with E-state index in [0.717, 1.165) is 31.3 Å². The SMILES string of the molecule is CCC=C(C)C(O)CCCCCC=CCCCCCCCCCO. The van der Waals surface area contributed by atoms with Crippen LogP contribution in [0.4, 0.5) is 0 Å². The Labute approximate surface area is 151 Å². The first-order valence-electron chi connectivity index (χ1n) is 10.3. The fourth-order valence-corrected chi connectivity index (χ4v) is 2.96. The average molecular weight is 339 g/mol. The highest BCUT2D eigenvalue weighted by molar-refractivity contribution is 5.03. The van der Waals surface area contributed by atoms with Crippen molar-refractivity contribution >= 4 is 0 Å². The van der Waals surface area contributed by atoms with Crippen molar-refractivity contribution in [2.24, 2.45) is 0 Å². The Morgan fingerprint density at radius 2 is 1.29 bits per heavy atom. The lowest BCUT2D eigenvalue weighted by Crippen LogP contribution is -2.07. The Balaban J connectivity index is 3.28. The van der Waals surface area contributed by atoms with Gasteiger partial charge in [-0.2, -0.15) is 0 Å². The maximum absolute atomic E-state index is 9.96. The smallest absolute Gasteiger partial charge is 0.0747 e. The zero-order valence-corrected chi connectivity index (χ0v) is 16.3. The second-order valence-electron chi connectivity index (χ2n) is 6.97. The summed E-state index contributed by atoms with van der Waals surface area (Å²) in [5.74, 6) is 0. The molecule has 0 aliphatic heterocycles. The summed E-state index contributed by atoms with van der Waals surface area (Å²) in [7, 11) is 0. The van der Waals surface area contributed by atoms with Crippen LogP contribution in [0.25, 0.3) is 0 Å². The summed E-state index contributed by atoms with van der Waals surface area (Å²) in [5, 5.41) is 18.7. The second-order valence-corrected chi connectivity index (χ2v) is 6.97. The highest BCUT2D eigenvalue weighted by atomic mass is 16.3. The summed E-state index contributed by atoms with van der Waals surface area (Å²) in [5.41, 5.74) is 1.13. The van der Waals surface area contributed by atoms with Gasteiger partial charge in [0.2, 0.25) is 0 Å². The van der Waals surface area contributed by atoms with Crippen molar-refractivity contribution < 1.29 is 10.2 Å². The van der Waals surface area contributed by atoms with Gasteiger partial charge in [-0.3, -0.25) is 0 Å². The molecule has 0 heterocycles.